The third-order valence-electron chi connectivity index (χ3n) is 5.88. The highest BCUT2D eigenvalue weighted by molar-refractivity contribution is 6.07. The first-order chi connectivity index (χ1) is 13.9. The van der Waals surface area contributed by atoms with Crippen molar-refractivity contribution in [3.63, 3.8) is 0 Å². The van der Waals surface area contributed by atoms with Gasteiger partial charge in [0.15, 0.2) is 5.82 Å². The number of nitrogens with one attached hydrogen (secondary N) is 1. The molecule has 2 saturated heterocycles. The second-order valence-electron chi connectivity index (χ2n) is 8.32. The third-order valence-corrected chi connectivity index (χ3v) is 5.88. The molecule has 0 radical (unpaired) electrons. The minimum Gasteiger partial charge on any atom is -0.395 e. The van der Waals surface area contributed by atoms with E-state index in [4.69, 9.17) is 0 Å². The number of aromatic nitrogens is 3. The number of anilines is 1. The highest BCUT2D eigenvalue weighted by Gasteiger charge is 2.57. The minimum atomic E-state index is -0.829. The van der Waals surface area contributed by atoms with E-state index in [2.05, 4.69) is 19.9 Å². The summed E-state index contributed by atoms with van der Waals surface area (Å²) in [5.74, 6) is 1.61. The molecule has 2 aromatic rings. The van der Waals surface area contributed by atoms with Crippen LogP contribution in [0.4, 0.5) is 10.6 Å². The molecule has 0 unspecified atom stereocenters. The molecule has 4 heterocycles. The monoisotopic (exact) mass is 400 g/mol. The molecule has 9 heteroatoms. The third kappa shape index (κ3) is 3.13. The van der Waals surface area contributed by atoms with E-state index in [9.17, 15) is 14.7 Å². The largest absolute Gasteiger partial charge is 0.395 e. The van der Waals surface area contributed by atoms with Gasteiger partial charge in [0.05, 0.1) is 18.7 Å². The number of carbonyl (C=O) groups excluding carboxylic acids is 2. The quantitative estimate of drug-likeness (QED) is 0.737. The second kappa shape index (κ2) is 7.29. The lowest BCUT2D eigenvalue weighted by atomic mass is 9.85. The molecule has 2 fully saturated rings. The number of hydrogen-bond donors (Lipinski definition) is 2. The van der Waals surface area contributed by atoms with Gasteiger partial charge < -0.3 is 19.9 Å². The maximum atomic E-state index is 13.2. The zero-order chi connectivity index (χ0) is 20.8. The standard InChI is InChI=1S/C20H28N6O3/c1-13(2)12-26-19(29)25(10-11-27)18(28)20(26)5-8-24(9-6-20)17-16-15(4-7-21-16)22-14(3)23-17/h4,7,13,21,27H,5-6,8-12H2,1-3H3. The summed E-state index contributed by atoms with van der Waals surface area (Å²) in [6.07, 6.45) is 2.93. The maximum Gasteiger partial charge on any atom is 0.327 e. The summed E-state index contributed by atoms with van der Waals surface area (Å²) in [5, 5.41) is 9.32. The molecule has 2 N–H and O–H groups in total. The van der Waals surface area contributed by atoms with Crippen molar-refractivity contribution in [3.8, 4) is 0 Å². The lowest BCUT2D eigenvalue weighted by Gasteiger charge is -2.43. The topological polar surface area (TPSA) is 106 Å². The zero-order valence-electron chi connectivity index (χ0n) is 17.2. The molecule has 0 bridgehead atoms. The molecule has 0 atom stereocenters. The van der Waals surface area contributed by atoms with Gasteiger partial charge in [-0.05, 0) is 31.7 Å². The average molecular weight is 400 g/mol. The smallest absolute Gasteiger partial charge is 0.327 e. The second-order valence-corrected chi connectivity index (χ2v) is 8.32. The van der Waals surface area contributed by atoms with Crippen LogP contribution in [0, 0.1) is 12.8 Å². The number of urea groups is 1. The molecule has 0 saturated carbocycles. The maximum absolute atomic E-state index is 13.2. The highest BCUT2D eigenvalue weighted by Crippen LogP contribution is 2.39. The van der Waals surface area contributed by atoms with Gasteiger partial charge in [0.1, 0.15) is 16.9 Å². The van der Waals surface area contributed by atoms with Crippen LogP contribution < -0.4 is 4.90 Å². The number of amides is 3. The van der Waals surface area contributed by atoms with Crippen LogP contribution in [-0.2, 0) is 4.79 Å². The number of aryl methyl sites for hydroxylation is 1. The van der Waals surface area contributed by atoms with Crippen molar-refractivity contribution in [2.24, 2.45) is 5.92 Å². The molecule has 2 aliphatic heterocycles. The molecule has 9 nitrogen and oxygen atoms in total. The number of hydrogen-bond acceptors (Lipinski definition) is 6. The predicted octanol–water partition coefficient (Wildman–Crippen LogP) is 1.52. The van der Waals surface area contributed by atoms with Crippen molar-refractivity contribution in [3.05, 3.63) is 18.1 Å². The summed E-state index contributed by atoms with van der Waals surface area (Å²) in [5.41, 5.74) is 0.931. The Kier molecular flexibility index (Phi) is 4.94. The number of imide groups is 1. The summed E-state index contributed by atoms with van der Waals surface area (Å²) in [7, 11) is 0. The summed E-state index contributed by atoms with van der Waals surface area (Å²) < 4.78 is 0. The predicted molar refractivity (Wildman–Crippen MR) is 109 cm³/mol. The van der Waals surface area contributed by atoms with E-state index in [-0.39, 0.29) is 31.0 Å². The number of fused-ring (bicyclic) bond motifs is 1. The number of aromatic amines is 1. The molecule has 1 spiro atoms. The van der Waals surface area contributed by atoms with Crippen molar-refractivity contribution in [2.45, 2.75) is 39.2 Å². The van der Waals surface area contributed by atoms with Crippen LogP contribution >= 0.6 is 0 Å². The Hall–Kier alpha value is -2.68. The van der Waals surface area contributed by atoms with Crippen molar-refractivity contribution >= 4 is 28.8 Å². The van der Waals surface area contributed by atoms with Gasteiger partial charge in [-0.15, -0.1) is 0 Å². The fourth-order valence-corrected chi connectivity index (χ4v) is 4.54. The van der Waals surface area contributed by atoms with Crippen LogP contribution in [-0.4, -0.2) is 80.1 Å². The number of rotatable bonds is 5. The molecular weight excluding hydrogens is 372 g/mol. The Morgan fingerprint density at radius 1 is 1.24 bits per heavy atom. The molecular formula is C20H28N6O3. The van der Waals surface area contributed by atoms with Crippen LogP contribution in [0.15, 0.2) is 12.3 Å². The van der Waals surface area contributed by atoms with Gasteiger partial charge in [0, 0.05) is 25.8 Å². The Morgan fingerprint density at radius 3 is 2.62 bits per heavy atom. The molecule has 0 aliphatic carbocycles. The summed E-state index contributed by atoms with van der Waals surface area (Å²) >= 11 is 0. The first-order valence-corrected chi connectivity index (χ1v) is 10.2. The highest BCUT2D eigenvalue weighted by atomic mass is 16.3. The van der Waals surface area contributed by atoms with Gasteiger partial charge in [-0.3, -0.25) is 9.69 Å². The number of aliphatic hydroxyl groups excluding tert-OH is 1. The summed E-state index contributed by atoms with van der Waals surface area (Å²) in [6, 6.07) is 1.64. The molecule has 156 valence electrons. The van der Waals surface area contributed by atoms with E-state index in [1.54, 1.807) is 4.90 Å². The van der Waals surface area contributed by atoms with Gasteiger partial charge in [0.2, 0.25) is 0 Å². The van der Waals surface area contributed by atoms with Crippen LogP contribution in [0.5, 0.6) is 0 Å². The number of piperidine rings is 1. The first-order valence-electron chi connectivity index (χ1n) is 10.2. The SMILES string of the molecule is Cc1nc(N2CCC3(CC2)C(=O)N(CCO)C(=O)N3CC(C)C)c2[nH]ccc2n1. The number of nitrogens with zero attached hydrogens (tertiary/aromatic N) is 5. The normalized spacial score (nSPS) is 19.4. The van der Waals surface area contributed by atoms with E-state index < -0.39 is 5.54 Å². The molecule has 0 aromatic carbocycles. The molecule has 2 aliphatic rings. The average Bonchev–Trinajstić information content (AvgIpc) is 3.22. The molecule has 29 heavy (non-hydrogen) atoms. The lowest BCUT2D eigenvalue weighted by molar-refractivity contribution is -0.134. The van der Waals surface area contributed by atoms with Gasteiger partial charge in [-0.2, -0.15) is 0 Å². The van der Waals surface area contributed by atoms with E-state index in [1.165, 1.54) is 4.90 Å². The van der Waals surface area contributed by atoms with Crippen molar-refractivity contribution < 1.29 is 14.7 Å². The molecule has 3 amide bonds. The van der Waals surface area contributed by atoms with Gasteiger partial charge in [-0.25, -0.2) is 14.8 Å². The molecule has 4 rings (SSSR count). The lowest BCUT2D eigenvalue weighted by Crippen LogP contribution is -2.57. The Bertz CT molecular complexity index is 931. The number of H-pyrrole nitrogens is 1. The Labute approximate surface area is 169 Å². The number of β-amino-alcohol motifs (C(OH)–C–C–N with tert-alkyl or cyclic N) is 1. The number of aliphatic hydroxyl groups is 1. The van der Waals surface area contributed by atoms with E-state index in [0.29, 0.717) is 38.3 Å². The van der Waals surface area contributed by atoms with Gasteiger partial charge in [-0.1, -0.05) is 13.8 Å². The van der Waals surface area contributed by atoms with Gasteiger partial charge in [0.25, 0.3) is 5.91 Å². The summed E-state index contributed by atoms with van der Waals surface area (Å²) in [4.78, 5) is 43.6. The van der Waals surface area contributed by atoms with Crippen molar-refractivity contribution in [2.75, 3.05) is 37.7 Å². The van der Waals surface area contributed by atoms with E-state index in [1.807, 2.05) is 33.0 Å². The minimum absolute atomic E-state index is 0.0475. The van der Waals surface area contributed by atoms with Gasteiger partial charge >= 0.3 is 6.03 Å². The van der Waals surface area contributed by atoms with Crippen LogP contribution in [0.25, 0.3) is 11.0 Å². The van der Waals surface area contributed by atoms with Crippen LogP contribution in [0.1, 0.15) is 32.5 Å². The number of carbonyl (C=O) groups is 2. The fourth-order valence-electron chi connectivity index (χ4n) is 4.54. The van der Waals surface area contributed by atoms with Crippen molar-refractivity contribution in [1.29, 1.82) is 0 Å². The zero-order valence-corrected chi connectivity index (χ0v) is 17.2. The van der Waals surface area contributed by atoms with Crippen molar-refractivity contribution in [1.82, 2.24) is 24.8 Å². The van der Waals surface area contributed by atoms with E-state index in [0.717, 1.165) is 16.9 Å². The van der Waals surface area contributed by atoms with Crippen LogP contribution in [0.2, 0.25) is 0 Å². The Balaban J connectivity index is 1.62. The van der Waals surface area contributed by atoms with E-state index >= 15 is 0 Å². The summed E-state index contributed by atoms with van der Waals surface area (Å²) in [6.45, 7) is 7.54. The fraction of sp³-hybridized carbons (Fsp3) is 0.600. The molecule has 2 aromatic heterocycles. The van der Waals surface area contributed by atoms with Crippen LogP contribution in [0.3, 0.4) is 0 Å². The first kappa shape index (κ1) is 19.6. The Morgan fingerprint density at radius 2 is 1.97 bits per heavy atom.